The number of rotatable bonds is 7. The molecule has 8 nitrogen and oxygen atoms in total. The van der Waals surface area contributed by atoms with Crippen LogP contribution in [0.25, 0.3) is 0 Å². The maximum atomic E-state index is 12.2. The molecule has 0 bridgehead atoms. The highest BCUT2D eigenvalue weighted by atomic mass is 16.5. The van der Waals surface area contributed by atoms with Crippen molar-refractivity contribution in [2.75, 3.05) is 26.8 Å². The van der Waals surface area contributed by atoms with Crippen LogP contribution in [-0.2, 0) is 19.1 Å². The smallest absolute Gasteiger partial charge is 0.309 e. The van der Waals surface area contributed by atoms with Gasteiger partial charge in [-0.2, -0.15) is 0 Å². The number of nitrogens with zero attached hydrogens (tertiary/aromatic N) is 1. The number of hydrogen-bond acceptors (Lipinski definition) is 5. The van der Waals surface area contributed by atoms with Crippen molar-refractivity contribution >= 4 is 17.8 Å². The first-order valence-electron chi connectivity index (χ1n) is 6.87. The van der Waals surface area contributed by atoms with Crippen LogP contribution in [0, 0.1) is 11.8 Å². The van der Waals surface area contributed by atoms with E-state index in [9.17, 15) is 14.4 Å². The molecule has 0 aliphatic carbocycles. The van der Waals surface area contributed by atoms with Crippen LogP contribution in [0.3, 0.4) is 0 Å². The Hall–Kier alpha value is -1.67. The molecular weight excluding hydrogens is 280 g/mol. The monoisotopic (exact) mass is 302 g/mol. The average Bonchev–Trinajstić information content (AvgIpc) is 2.45. The number of aliphatic carboxylic acids is 2. The number of carbonyl (C=O) groups is 3. The van der Waals surface area contributed by atoms with Crippen LogP contribution in [0.15, 0.2) is 0 Å². The van der Waals surface area contributed by atoms with Gasteiger partial charge in [-0.25, -0.2) is 0 Å². The van der Waals surface area contributed by atoms with E-state index in [1.54, 1.807) is 7.11 Å². The number of carbonyl (C=O) groups excluding carboxylic acids is 1. The van der Waals surface area contributed by atoms with Gasteiger partial charge < -0.3 is 25.6 Å². The van der Waals surface area contributed by atoms with Crippen molar-refractivity contribution in [3.8, 4) is 0 Å². The Kier molecular flexibility index (Phi) is 6.57. The van der Waals surface area contributed by atoms with Crippen molar-refractivity contribution in [2.24, 2.45) is 17.6 Å². The molecule has 3 unspecified atom stereocenters. The molecule has 0 aromatic rings. The Morgan fingerprint density at radius 3 is 2.43 bits per heavy atom. The summed E-state index contributed by atoms with van der Waals surface area (Å²) in [6.07, 6.45) is 1.21. The Morgan fingerprint density at radius 1 is 1.29 bits per heavy atom. The minimum Gasteiger partial charge on any atom is -0.481 e. The fourth-order valence-corrected chi connectivity index (χ4v) is 2.50. The van der Waals surface area contributed by atoms with Crippen molar-refractivity contribution in [3.63, 3.8) is 0 Å². The van der Waals surface area contributed by atoms with Crippen molar-refractivity contribution < 1.29 is 29.3 Å². The van der Waals surface area contributed by atoms with Gasteiger partial charge in [0, 0.05) is 26.8 Å². The van der Waals surface area contributed by atoms with Crippen LogP contribution >= 0.6 is 0 Å². The Morgan fingerprint density at radius 2 is 1.90 bits per heavy atom. The van der Waals surface area contributed by atoms with Crippen LogP contribution in [0.5, 0.6) is 0 Å². The summed E-state index contributed by atoms with van der Waals surface area (Å²) < 4.78 is 4.88. The van der Waals surface area contributed by atoms with Gasteiger partial charge in [0.15, 0.2) is 0 Å². The molecule has 0 radical (unpaired) electrons. The largest absolute Gasteiger partial charge is 0.481 e. The number of methoxy groups -OCH3 is 1. The van der Waals surface area contributed by atoms with E-state index in [0.29, 0.717) is 19.4 Å². The van der Waals surface area contributed by atoms with Crippen molar-refractivity contribution in [3.05, 3.63) is 0 Å². The number of carboxylic acids is 2. The maximum Gasteiger partial charge on any atom is 0.309 e. The highest BCUT2D eigenvalue weighted by Crippen LogP contribution is 2.25. The summed E-state index contributed by atoms with van der Waals surface area (Å²) >= 11 is 0. The number of amides is 1. The van der Waals surface area contributed by atoms with Crippen LogP contribution in [-0.4, -0.2) is 65.8 Å². The Bertz CT molecular complexity index is 400. The fourth-order valence-electron chi connectivity index (χ4n) is 2.50. The third-order valence-corrected chi connectivity index (χ3v) is 3.74. The van der Waals surface area contributed by atoms with Gasteiger partial charge >= 0.3 is 11.9 Å². The summed E-state index contributed by atoms with van der Waals surface area (Å²) in [5.74, 6) is -4.73. The molecule has 1 aliphatic heterocycles. The van der Waals surface area contributed by atoms with E-state index < -0.39 is 29.8 Å². The lowest BCUT2D eigenvalue weighted by atomic mass is 9.85. The molecule has 1 amide bonds. The van der Waals surface area contributed by atoms with E-state index in [1.807, 2.05) is 0 Å². The second-order valence-electron chi connectivity index (χ2n) is 5.20. The number of carboxylic acid groups (broad SMARTS) is 2. The molecular formula is C13H22N2O6. The first-order chi connectivity index (χ1) is 9.88. The molecule has 0 saturated carbocycles. The van der Waals surface area contributed by atoms with Crippen LogP contribution in [0.4, 0.5) is 0 Å². The summed E-state index contributed by atoms with van der Waals surface area (Å²) in [6.45, 7) is 0.612. The van der Waals surface area contributed by atoms with E-state index in [2.05, 4.69) is 0 Å². The van der Waals surface area contributed by atoms with Gasteiger partial charge in [-0.3, -0.25) is 14.4 Å². The molecule has 1 fully saturated rings. The number of hydrogen-bond donors (Lipinski definition) is 3. The quantitative estimate of drug-likeness (QED) is 0.534. The van der Waals surface area contributed by atoms with Gasteiger partial charge in [-0.05, 0) is 19.3 Å². The third-order valence-electron chi connectivity index (χ3n) is 3.74. The topological polar surface area (TPSA) is 130 Å². The maximum absolute atomic E-state index is 12.2. The van der Waals surface area contributed by atoms with Gasteiger partial charge in [0.05, 0.1) is 17.9 Å². The molecule has 4 N–H and O–H groups in total. The molecule has 1 heterocycles. The normalized spacial score (nSPS) is 23.6. The lowest BCUT2D eigenvalue weighted by Crippen LogP contribution is -2.52. The van der Waals surface area contributed by atoms with Crippen LogP contribution in [0.2, 0.25) is 0 Å². The Balaban J connectivity index is 2.62. The number of ether oxygens (including phenoxy) is 1. The Labute approximate surface area is 122 Å². The molecule has 120 valence electrons. The van der Waals surface area contributed by atoms with E-state index in [4.69, 9.17) is 20.7 Å². The predicted octanol–water partition coefficient (Wildman–Crippen LogP) is -0.626. The summed E-state index contributed by atoms with van der Waals surface area (Å²) in [4.78, 5) is 35.7. The number of nitrogens with two attached hydrogens (primary N) is 1. The highest BCUT2D eigenvalue weighted by Gasteiger charge is 2.40. The molecule has 0 spiro atoms. The zero-order valence-electron chi connectivity index (χ0n) is 12.0. The standard InChI is InChI=1S/C13H22N2O6/c1-21-6-2-3-10(14)11(16)15-5-4-8(12(17)18)9(7-15)13(19)20/h8-10H,2-7,14H2,1H3,(H,17,18)(H,19,20). The summed E-state index contributed by atoms with van der Waals surface area (Å²) in [6, 6.07) is -0.712. The van der Waals surface area contributed by atoms with Gasteiger partial charge in [0.25, 0.3) is 0 Å². The minimum atomic E-state index is -1.20. The highest BCUT2D eigenvalue weighted by molar-refractivity contribution is 5.84. The first-order valence-corrected chi connectivity index (χ1v) is 6.87. The van der Waals surface area contributed by atoms with E-state index in [-0.39, 0.29) is 25.4 Å². The van der Waals surface area contributed by atoms with E-state index in [1.165, 1.54) is 4.90 Å². The average molecular weight is 302 g/mol. The first kappa shape index (κ1) is 17.4. The molecule has 8 heteroatoms. The lowest BCUT2D eigenvalue weighted by Gasteiger charge is -2.35. The second-order valence-corrected chi connectivity index (χ2v) is 5.20. The molecule has 1 saturated heterocycles. The summed E-state index contributed by atoms with van der Waals surface area (Å²) in [5, 5.41) is 18.1. The van der Waals surface area contributed by atoms with Gasteiger partial charge in [-0.1, -0.05) is 0 Å². The molecule has 1 rings (SSSR count). The van der Waals surface area contributed by atoms with Gasteiger partial charge in [0.1, 0.15) is 0 Å². The van der Waals surface area contributed by atoms with Gasteiger partial charge in [0.2, 0.25) is 5.91 Å². The molecule has 21 heavy (non-hydrogen) atoms. The van der Waals surface area contributed by atoms with Crippen molar-refractivity contribution in [2.45, 2.75) is 25.3 Å². The summed E-state index contributed by atoms with van der Waals surface area (Å²) in [5.41, 5.74) is 5.79. The molecule has 0 aromatic carbocycles. The van der Waals surface area contributed by atoms with E-state index in [0.717, 1.165) is 0 Å². The van der Waals surface area contributed by atoms with Crippen LogP contribution < -0.4 is 5.73 Å². The molecule has 1 aliphatic rings. The number of likely N-dealkylation sites (tertiary alicyclic amines) is 1. The van der Waals surface area contributed by atoms with Crippen LogP contribution in [0.1, 0.15) is 19.3 Å². The van der Waals surface area contributed by atoms with Crippen molar-refractivity contribution in [1.29, 1.82) is 0 Å². The zero-order valence-corrected chi connectivity index (χ0v) is 12.0. The lowest BCUT2D eigenvalue weighted by molar-refractivity contribution is -0.159. The van der Waals surface area contributed by atoms with E-state index >= 15 is 0 Å². The second kappa shape index (κ2) is 7.94. The SMILES string of the molecule is COCCCC(N)C(=O)N1CCC(C(=O)O)C(C(=O)O)C1. The fraction of sp³-hybridized carbons (Fsp3) is 0.769. The molecule has 3 atom stereocenters. The van der Waals surface area contributed by atoms with Gasteiger partial charge in [-0.15, -0.1) is 0 Å². The zero-order chi connectivity index (χ0) is 16.0. The minimum absolute atomic E-state index is 0.108. The van der Waals surface area contributed by atoms with Crippen molar-refractivity contribution in [1.82, 2.24) is 4.90 Å². The molecule has 0 aromatic heterocycles. The summed E-state index contributed by atoms with van der Waals surface area (Å²) in [7, 11) is 1.56. The third kappa shape index (κ3) is 4.68. The number of piperidine rings is 1. The predicted molar refractivity (Wildman–Crippen MR) is 72.5 cm³/mol.